The lowest BCUT2D eigenvalue weighted by atomic mass is 10.1. The fourth-order valence-electron chi connectivity index (χ4n) is 2.80. The molecule has 3 rings (SSSR count). The quantitative estimate of drug-likeness (QED) is 0.510. The van der Waals surface area contributed by atoms with Gasteiger partial charge >= 0.3 is 0 Å². The van der Waals surface area contributed by atoms with Crippen LogP contribution in [0.4, 0.5) is 17.1 Å². The van der Waals surface area contributed by atoms with Crippen molar-refractivity contribution in [2.75, 3.05) is 12.0 Å². The number of ether oxygens (including phenoxy) is 1. The van der Waals surface area contributed by atoms with Crippen LogP contribution < -0.4 is 15.4 Å². The van der Waals surface area contributed by atoms with Crippen molar-refractivity contribution in [2.45, 2.75) is 0 Å². The average molecular weight is 369 g/mol. The molecular formula is C23H19N3O2. The number of hydrogen-bond acceptors (Lipinski definition) is 4. The Kier molecular flexibility index (Phi) is 5.73. The number of amides is 1. The highest BCUT2D eigenvalue weighted by Crippen LogP contribution is 2.35. The van der Waals surface area contributed by atoms with Crippen molar-refractivity contribution < 1.29 is 9.53 Å². The number of nitriles is 1. The van der Waals surface area contributed by atoms with E-state index in [9.17, 15) is 4.79 Å². The number of anilines is 3. The minimum Gasteiger partial charge on any atom is -0.497 e. The fourth-order valence-corrected chi connectivity index (χ4v) is 2.80. The molecule has 0 aliphatic heterocycles. The van der Waals surface area contributed by atoms with Crippen molar-refractivity contribution in [3.63, 3.8) is 0 Å². The van der Waals surface area contributed by atoms with E-state index >= 15 is 0 Å². The van der Waals surface area contributed by atoms with Gasteiger partial charge in [-0.1, -0.05) is 30.3 Å². The Bertz CT molecular complexity index is 1020. The SMILES string of the molecule is COc1ccc(N(c2ccccc2)c2ccc(/C=C(/C#N)C(N)=O)cc2)cc1. The van der Waals surface area contributed by atoms with E-state index in [-0.39, 0.29) is 5.57 Å². The number of benzene rings is 3. The van der Waals surface area contributed by atoms with E-state index in [0.717, 1.165) is 28.4 Å². The lowest BCUT2D eigenvalue weighted by molar-refractivity contribution is -0.114. The summed E-state index contributed by atoms with van der Waals surface area (Å²) in [5, 5.41) is 9.00. The molecule has 28 heavy (non-hydrogen) atoms. The van der Waals surface area contributed by atoms with E-state index in [1.165, 1.54) is 6.08 Å². The molecule has 138 valence electrons. The van der Waals surface area contributed by atoms with Gasteiger partial charge in [0.25, 0.3) is 5.91 Å². The Labute approximate surface area is 163 Å². The van der Waals surface area contributed by atoms with Crippen LogP contribution in [-0.2, 0) is 4.79 Å². The van der Waals surface area contributed by atoms with E-state index in [0.29, 0.717) is 0 Å². The highest BCUT2D eigenvalue weighted by atomic mass is 16.5. The van der Waals surface area contributed by atoms with Gasteiger partial charge < -0.3 is 15.4 Å². The van der Waals surface area contributed by atoms with Gasteiger partial charge in [-0.15, -0.1) is 0 Å². The molecule has 0 saturated carbocycles. The second-order valence-electron chi connectivity index (χ2n) is 5.99. The molecule has 2 N–H and O–H groups in total. The molecule has 0 spiro atoms. The van der Waals surface area contributed by atoms with Crippen molar-refractivity contribution in [1.82, 2.24) is 0 Å². The van der Waals surface area contributed by atoms with Crippen LogP contribution in [0.3, 0.4) is 0 Å². The van der Waals surface area contributed by atoms with Crippen molar-refractivity contribution >= 4 is 29.0 Å². The van der Waals surface area contributed by atoms with Gasteiger partial charge in [-0.25, -0.2) is 0 Å². The summed E-state index contributed by atoms with van der Waals surface area (Å²) in [7, 11) is 1.64. The molecule has 3 aromatic rings. The molecule has 0 bridgehead atoms. The predicted molar refractivity (Wildman–Crippen MR) is 110 cm³/mol. The third-order valence-corrected chi connectivity index (χ3v) is 4.19. The Morgan fingerprint density at radius 1 is 0.929 bits per heavy atom. The topological polar surface area (TPSA) is 79.3 Å². The fraction of sp³-hybridized carbons (Fsp3) is 0.0435. The molecule has 0 aliphatic rings. The second kappa shape index (κ2) is 8.56. The Hall–Kier alpha value is -4.04. The average Bonchev–Trinajstić information content (AvgIpc) is 2.74. The van der Waals surface area contributed by atoms with Crippen LogP contribution in [0.25, 0.3) is 6.08 Å². The normalized spacial score (nSPS) is 10.8. The molecule has 1 amide bonds. The first-order valence-electron chi connectivity index (χ1n) is 8.63. The molecule has 0 unspecified atom stereocenters. The Balaban J connectivity index is 2.01. The first-order chi connectivity index (χ1) is 13.6. The summed E-state index contributed by atoms with van der Waals surface area (Å²) in [6.45, 7) is 0. The minimum absolute atomic E-state index is 0.0807. The summed E-state index contributed by atoms with van der Waals surface area (Å²) in [6, 6.07) is 27.1. The van der Waals surface area contributed by atoms with Crippen LogP contribution >= 0.6 is 0 Å². The number of methoxy groups -OCH3 is 1. The summed E-state index contributed by atoms with van der Waals surface area (Å²) < 4.78 is 5.25. The zero-order chi connectivity index (χ0) is 19.9. The zero-order valence-electron chi connectivity index (χ0n) is 15.4. The van der Waals surface area contributed by atoms with Crippen LogP contribution in [0, 0.1) is 11.3 Å². The van der Waals surface area contributed by atoms with Crippen LogP contribution in [0.5, 0.6) is 5.75 Å². The lowest BCUT2D eigenvalue weighted by Crippen LogP contribution is -2.12. The summed E-state index contributed by atoms with van der Waals surface area (Å²) in [5.41, 5.74) is 8.76. The highest BCUT2D eigenvalue weighted by Gasteiger charge is 2.12. The summed E-state index contributed by atoms with van der Waals surface area (Å²) in [4.78, 5) is 13.3. The van der Waals surface area contributed by atoms with Gasteiger partial charge in [-0.2, -0.15) is 5.26 Å². The summed E-state index contributed by atoms with van der Waals surface area (Å²) in [5.74, 6) is 0.0449. The number of nitrogens with two attached hydrogens (primary N) is 1. The molecule has 5 nitrogen and oxygen atoms in total. The second-order valence-corrected chi connectivity index (χ2v) is 5.99. The standard InChI is InChI=1S/C23H19N3O2/c1-28-22-13-11-21(12-14-22)26(19-5-3-2-4-6-19)20-9-7-17(8-10-20)15-18(16-24)23(25)27/h2-15H,1H3,(H2,25,27)/b18-15-. The van der Waals surface area contributed by atoms with Gasteiger partial charge in [0.05, 0.1) is 7.11 Å². The van der Waals surface area contributed by atoms with Crippen LogP contribution in [0.2, 0.25) is 0 Å². The molecule has 3 aromatic carbocycles. The maximum Gasteiger partial charge on any atom is 0.259 e. The number of carbonyl (C=O) groups is 1. The summed E-state index contributed by atoms with van der Waals surface area (Å²) >= 11 is 0. The van der Waals surface area contributed by atoms with Gasteiger partial charge in [-0.05, 0) is 60.2 Å². The predicted octanol–water partition coefficient (Wildman–Crippen LogP) is 4.56. The first-order valence-corrected chi connectivity index (χ1v) is 8.63. The number of rotatable bonds is 6. The smallest absolute Gasteiger partial charge is 0.259 e. The van der Waals surface area contributed by atoms with E-state index < -0.39 is 5.91 Å². The van der Waals surface area contributed by atoms with Gasteiger partial charge in [0.2, 0.25) is 0 Å². The third-order valence-electron chi connectivity index (χ3n) is 4.19. The number of para-hydroxylation sites is 1. The largest absolute Gasteiger partial charge is 0.497 e. The molecule has 0 atom stereocenters. The third kappa shape index (κ3) is 4.19. The highest BCUT2D eigenvalue weighted by molar-refractivity contribution is 6.00. The van der Waals surface area contributed by atoms with Crippen LogP contribution in [0.15, 0.2) is 84.4 Å². The van der Waals surface area contributed by atoms with Crippen molar-refractivity contribution in [3.8, 4) is 11.8 Å². The maximum absolute atomic E-state index is 11.2. The monoisotopic (exact) mass is 369 g/mol. The van der Waals surface area contributed by atoms with E-state index in [2.05, 4.69) is 4.90 Å². The maximum atomic E-state index is 11.2. The molecule has 0 fully saturated rings. The van der Waals surface area contributed by atoms with Crippen molar-refractivity contribution in [3.05, 3.63) is 90.0 Å². The number of hydrogen-bond donors (Lipinski definition) is 1. The molecule has 5 heteroatoms. The van der Waals surface area contributed by atoms with E-state index in [1.54, 1.807) is 7.11 Å². The van der Waals surface area contributed by atoms with Gasteiger partial charge in [0, 0.05) is 17.1 Å². The molecule has 0 heterocycles. The van der Waals surface area contributed by atoms with Crippen molar-refractivity contribution in [1.29, 1.82) is 5.26 Å². The molecule has 0 aliphatic carbocycles. The Morgan fingerprint density at radius 3 is 1.96 bits per heavy atom. The Morgan fingerprint density at radius 2 is 1.46 bits per heavy atom. The zero-order valence-corrected chi connectivity index (χ0v) is 15.4. The lowest BCUT2D eigenvalue weighted by Gasteiger charge is -2.25. The van der Waals surface area contributed by atoms with Gasteiger partial charge in [0.15, 0.2) is 0 Å². The number of nitrogens with zero attached hydrogens (tertiary/aromatic N) is 2. The van der Waals surface area contributed by atoms with Crippen molar-refractivity contribution in [2.24, 2.45) is 5.73 Å². The molecule has 0 aromatic heterocycles. The van der Waals surface area contributed by atoms with E-state index in [4.69, 9.17) is 15.7 Å². The summed E-state index contributed by atoms with van der Waals surface area (Å²) in [6.07, 6.45) is 1.48. The number of carbonyl (C=O) groups excluding carboxylic acids is 1. The van der Waals surface area contributed by atoms with E-state index in [1.807, 2.05) is 84.9 Å². The van der Waals surface area contributed by atoms with Gasteiger partial charge in [-0.3, -0.25) is 4.79 Å². The molecular weight excluding hydrogens is 350 g/mol. The van der Waals surface area contributed by atoms with Crippen LogP contribution in [0.1, 0.15) is 5.56 Å². The first kappa shape index (κ1) is 18.7. The van der Waals surface area contributed by atoms with Gasteiger partial charge in [0.1, 0.15) is 17.4 Å². The van der Waals surface area contributed by atoms with Crippen LogP contribution in [-0.4, -0.2) is 13.0 Å². The molecule has 0 saturated heterocycles. The molecule has 0 radical (unpaired) electrons. The minimum atomic E-state index is -0.740. The number of primary amides is 1.